The Morgan fingerprint density at radius 2 is 1.97 bits per heavy atom. The molecule has 0 bridgehead atoms. The fraction of sp³-hybridized carbons (Fsp3) is 0.125. The standard InChI is InChI=1S/C24H19FN2O4S/c1-3-30-23(29)15-7-9-18(10-8-15)26-24-27(2)22(28)21(32-24)14-19-11-12-20(31-19)16-5-4-6-17(25)13-16/h4-14H,3H2,1-2H3/b21-14-,26-24?. The summed E-state index contributed by atoms with van der Waals surface area (Å²) < 4.78 is 24.2. The van der Waals surface area contributed by atoms with Gasteiger partial charge in [-0.2, -0.15) is 0 Å². The molecule has 1 aliphatic heterocycles. The lowest BCUT2D eigenvalue weighted by Crippen LogP contribution is -2.23. The van der Waals surface area contributed by atoms with Crippen LogP contribution in [-0.4, -0.2) is 35.6 Å². The summed E-state index contributed by atoms with van der Waals surface area (Å²) in [5.41, 5.74) is 1.66. The Morgan fingerprint density at radius 1 is 1.19 bits per heavy atom. The van der Waals surface area contributed by atoms with Crippen molar-refractivity contribution in [3.05, 3.63) is 82.7 Å². The first kappa shape index (κ1) is 21.6. The summed E-state index contributed by atoms with van der Waals surface area (Å²) >= 11 is 1.22. The van der Waals surface area contributed by atoms with E-state index in [-0.39, 0.29) is 11.7 Å². The molecule has 2 heterocycles. The number of amides is 1. The number of halogens is 1. The molecule has 1 amide bonds. The van der Waals surface area contributed by atoms with Crippen LogP contribution in [0.15, 0.2) is 75.0 Å². The molecule has 1 aliphatic rings. The zero-order valence-corrected chi connectivity index (χ0v) is 18.2. The number of amidine groups is 1. The summed E-state index contributed by atoms with van der Waals surface area (Å²) in [7, 11) is 1.64. The van der Waals surface area contributed by atoms with E-state index in [1.165, 1.54) is 28.8 Å². The van der Waals surface area contributed by atoms with Crippen molar-refractivity contribution < 1.29 is 23.1 Å². The Morgan fingerprint density at radius 3 is 2.69 bits per heavy atom. The number of nitrogens with zero attached hydrogens (tertiary/aromatic N) is 2. The molecule has 4 rings (SSSR count). The lowest BCUT2D eigenvalue weighted by molar-refractivity contribution is -0.121. The largest absolute Gasteiger partial charge is 0.462 e. The first-order valence-corrected chi connectivity index (χ1v) is 10.7. The van der Waals surface area contributed by atoms with Crippen LogP contribution in [-0.2, 0) is 9.53 Å². The number of carbonyl (C=O) groups is 2. The Hall–Kier alpha value is -3.65. The zero-order valence-electron chi connectivity index (χ0n) is 17.4. The van der Waals surface area contributed by atoms with Gasteiger partial charge in [0.2, 0.25) is 0 Å². The first-order valence-electron chi connectivity index (χ1n) is 9.84. The molecule has 0 unspecified atom stereocenters. The lowest BCUT2D eigenvalue weighted by atomic mass is 10.2. The van der Waals surface area contributed by atoms with Gasteiger partial charge < -0.3 is 9.15 Å². The molecule has 0 radical (unpaired) electrons. The third-order valence-corrected chi connectivity index (χ3v) is 5.68. The van der Waals surface area contributed by atoms with E-state index >= 15 is 0 Å². The van der Waals surface area contributed by atoms with Gasteiger partial charge >= 0.3 is 5.97 Å². The fourth-order valence-electron chi connectivity index (χ4n) is 3.01. The maximum atomic E-state index is 13.5. The molecule has 0 N–H and O–H groups in total. The molecule has 0 saturated carbocycles. The van der Waals surface area contributed by atoms with Crippen molar-refractivity contribution in [2.75, 3.05) is 13.7 Å². The highest BCUT2D eigenvalue weighted by Gasteiger charge is 2.30. The molecule has 1 fully saturated rings. The molecular formula is C24H19FN2O4S. The molecule has 0 aliphatic carbocycles. The Bertz CT molecular complexity index is 1230. The average Bonchev–Trinajstić information content (AvgIpc) is 3.35. The number of ether oxygens (including phenoxy) is 1. The maximum Gasteiger partial charge on any atom is 0.338 e. The van der Waals surface area contributed by atoms with Gasteiger partial charge in [-0.15, -0.1) is 0 Å². The van der Waals surface area contributed by atoms with Crippen LogP contribution in [0.3, 0.4) is 0 Å². The van der Waals surface area contributed by atoms with Crippen molar-refractivity contribution >= 4 is 40.6 Å². The molecule has 0 spiro atoms. The van der Waals surface area contributed by atoms with Gasteiger partial charge in [0.25, 0.3) is 5.91 Å². The third-order valence-electron chi connectivity index (χ3n) is 4.62. The highest BCUT2D eigenvalue weighted by molar-refractivity contribution is 8.18. The van der Waals surface area contributed by atoms with Crippen molar-refractivity contribution in [1.29, 1.82) is 0 Å². The van der Waals surface area contributed by atoms with Gasteiger partial charge in [-0.3, -0.25) is 9.69 Å². The van der Waals surface area contributed by atoms with Gasteiger partial charge in [0.15, 0.2) is 5.17 Å². The zero-order chi connectivity index (χ0) is 22.7. The molecule has 1 saturated heterocycles. The predicted molar refractivity (Wildman–Crippen MR) is 122 cm³/mol. The van der Waals surface area contributed by atoms with Gasteiger partial charge in [0, 0.05) is 18.7 Å². The van der Waals surface area contributed by atoms with E-state index in [1.807, 2.05) is 0 Å². The molecule has 2 aromatic carbocycles. The molecular weight excluding hydrogens is 431 g/mol. The van der Waals surface area contributed by atoms with E-state index in [9.17, 15) is 14.0 Å². The number of aliphatic imine (C=N–C) groups is 1. The molecule has 3 aromatic rings. The van der Waals surface area contributed by atoms with Crippen LogP contribution in [0.2, 0.25) is 0 Å². The number of hydrogen-bond donors (Lipinski definition) is 0. The summed E-state index contributed by atoms with van der Waals surface area (Å²) in [6.45, 7) is 2.06. The monoisotopic (exact) mass is 450 g/mol. The minimum atomic E-state index is -0.393. The summed E-state index contributed by atoms with van der Waals surface area (Å²) in [5.74, 6) is 0.0403. The Labute approximate surface area is 188 Å². The third kappa shape index (κ3) is 4.65. The fourth-order valence-corrected chi connectivity index (χ4v) is 3.97. The molecule has 6 nitrogen and oxygen atoms in total. The van der Waals surface area contributed by atoms with Gasteiger partial charge in [-0.25, -0.2) is 14.2 Å². The highest BCUT2D eigenvalue weighted by atomic mass is 32.2. The number of likely N-dealkylation sites (N-methyl/N-ethyl adjacent to an activating group) is 1. The summed E-state index contributed by atoms with van der Waals surface area (Å²) in [6, 6.07) is 16.2. The first-order chi connectivity index (χ1) is 15.4. The van der Waals surface area contributed by atoms with E-state index in [0.29, 0.717) is 45.0 Å². The van der Waals surface area contributed by atoms with Crippen molar-refractivity contribution in [2.24, 2.45) is 4.99 Å². The van der Waals surface area contributed by atoms with Gasteiger partial charge in [-0.1, -0.05) is 12.1 Å². The molecule has 8 heteroatoms. The van der Waals surface area contributed by atoms with Crippen molar-refractivity contribution in [3.8, 4) is 11.3 Å². The van der Waals surface area contributed by atoms with E-state index in [1.54, 1.807) is 68.6 Å². The van der Waals surface area contributed by atoms with Crippen molar-refractivity contribution in [3.63, 3.8) is 0 Å². The summed E-state index contributed by atoms with van der Waals surface area (Å²) in [5, 5.41) is 0.502. The van der Waals surface area contributed by atoms with E-state index in [2.05, 4.69) is 4.99 Å². The summed E-state index contributed by atoms with van der Waals surface area (Å²) in [4.78, 5) is 30.8. The van der Waals surface area contributed by atoms with Crippen LogP contribution >= 0.6 is 11.8 Å². The van der Waals surface area contributed by atoms with E-state index < -0.39 is 5.97 Å². The number of rotatable bonds is 5. The van der Waals surface area contributed by atoms with Crippen LogP contribution in [0, 0.1) is 5.82 Å². The van der Waals surface area contributed by atoms with Crippen LogP contribution in [0.1, 0.15) is 23.0 Å². The quantitative estimate of drug-likeness (QED) is 0.379. The second kappa shape index (κ2) is 9.23. The average molecular weight is 450 g/mol. The molecule has 32 heavy (non-hydrogen) atoms. The molecule has 1 aromatic heterocycles. The van der Waals surface area contributed by atoms with Gasteiger partial charge in [-0.05, 0) is 67.2 Å². The predicted octanol–water partition coefficient (Wildman–Crippen LogP) is 5.50. The van der Waals surface area contributed by atoms with Gasteiger partial charge in [0.1, 0.15) is 17.3 Å². The van der Waals surface area contributed by atoms with E-state index in [0.717, 1.165) is 0 Å². The topological polar surface area (TPSA) is 72.1 Å². The van der Waals surface area contributed by atoms with Gasteiger partial charge in [0.05, 0.1) is 22.8 Å². The second-order valence-corrected chi connectivity index (χ2v) is 7.86. The molecule has 0 atom stereocenters. The number of thioether (sulfide) groups is 1. The number of esters is 1. The van der Waals surface area contributed by atoms with Crippen molar-refractivity contribution in [1.82, 2.24) is 4.90 Å². The van der Waals surface area contributed by atoms with E-state index in [4.69, 9.17) is 9.15 Å². The highest BCUT2D eigenvalue weighted by Crippen LogP contribution is 2.34. The minimum absolute atomic E-state index is 0.208. The smallest absolute Gasteiger partial charge is 0.338 e. The Balaban J connectivity index is 1.53. The second-order valence-electron chi connectivity index (χ2n) is 6.85. The van der Waals surface area contributed by atoms with Crippen LogP contribution in [0.5, 0.6) is 0 Å². The number of benzene rings is 2. The Kier molecular flexibility index (Phi) is 6.23. The van der Waals surface area contributed by atoms with Crippen molar-refractivity contribution in [2.45, 2.75) is 6.92 Å². The van der Waals surface area contributed by atoms with Crippen LogP contribution < -0.4 is 0 Å². The number of hydrogen-bond acceptors (Lipinski definition) is 6. The SMILES string of the molecule is CCOC(=O)c1ccc(N=C2S/C(=C\c3ccc(-c4cccc(F)c4)o3)C(=O)N2C)cc1. The lowest BCUT2D eigenvalue weighted by Gasteiger charge is -2.07. The van der Waals surface area contributed by atoms with Crippen LogP contribution in [0.4, 0.5) is 10.1 Å². The normalized spacial score (nSPS) is 16.2. The maximum absolute atomic E-state index is 13.5. The number of furan rings is 1. The number of carbonyl (C=O) groups excluding carboxylic acids is 2. The van der Waals surface area contributed by atoms with Crippen LogP contribution in [0.25, 0.3) is 17.4 Å². The summed E-state index contributed by atoms with van der Waals surface area (Å²) in [6.07, 6.45) is 1.64. The molecule has 162 valence electrons. The minimum Gasteiger partial charge on any atom is -0.462 e.